The van der Waals surface area contributed by atoms with E-state index in [4.69, 9.17) is 14.2 Å². The van der Waals surface area contributed by atoms with Crippen molar-refractivity contribution in [3.05, 3.63) is 23.8 Å². The van der Waals surface area contributed by atoms with Gasteiger partial charge < -0.3 is 29.7 Å². The maximum atomic E-state index is 12.4. The number of ether oxygens (including phenoxy) is 3. The van der Waals surface area contributed by atoms with Crippen molar-refractivity contribution < 1.29 is 38.8 Å². The maximum absolute atomic E-state index is 12.4. The summed E-state index contributed by atoms with van der Waals surface area (Å²) in [6, 6.07) is 2.91. The first-order valence-corrected chi connectivity index (χ1v) is 8.71. The van der Waals surface area contributed by atoms with E-state index < -0.39 is 35.8 Å². The molecule has 28 heavy (non-hydrogen) atoms. The molecule has 0 spiro atoms. The summed E-state index contributed by atoms with van der Waals surface area (Å²) in [5, 5.41) is 21.5. The monoisotopic (exact) mass is 397 g/mol. The summed E-state index contributed by atoms with van der Waals surface area (Å²) in [6.07, 6.45) is -1.49. The zero-order chi connectivity index (χ0) is 21.5. The summed E-state index contributed by atoms with van der Waals surface area (Å²) >= 11 is 0. The third-order valence-corrected chi connectivity index (χ3v) is 3.28. The average molecular weight is 397 g/mol. The molecule has 0 saturated heterocycles. The number of hydrogen-bond donors (Lipinski definition) is 3. The number of carbonyl (C=O) groups is 3. The van der Waals surface area contributed by atoms with Crippen LogP contribution in [0, 0.1) is 0 Å². The summed E-state index contributed by atoms with van der Waals surface area (Å²) in [6.45, 7) is 7.65. The SMILES string of the molecule is CC(=O)O[C@H](C)COC(=O)[C@H](Cc1ccc(O)c(O)c1)NC(=O)OC(C)(C)C. The van der Waals surface area contributed by atoms with Crippen LogP contribution in [0.25, 0.3) is 0 Å². The number of phenols is 2. The normalized spacial score (nSPS) is 13.2. The molecule has 0 unspecified atom stereocenters. The van der Waals surface area contributed by atoms with Crippen molar-refractivity contribution in [2.45, 2.75) is 58.8 Å². The summed E-state index contributed by atoms with van der Waals surface area (Å²) < 4.78 is 15.2. The van der Waals surface area contributed by atoms with Gasteiger partial charge in [0.25, 0.3) is 0 Å². The fourth-order valence-corrected chi connectivity index (χ4v) is 2.19. The second-order valence-electron chi connectivity index (χ2n) is 7.28. The van der Waals surface area contributed by atoms with Crippen molar-refractivity contribution in [3.8, 4) is 11.5 Å². The Morgan fingerprint density at radius 1 is 1.14 bits per heavy atom. The minimum absolute atomic E-state index is 0.0200. The molecule has 3 N–H and O–H groups in total. The van der Waals surface area contributed by atoms with E-state index in [1.165, 1.54) is 25.1 Å². The molecule has 0 heterocycles. The minimum atomic E-state index is -1.12. The van der Waals surface area contributed by atoms with E-state index in [1.54, 1.807) is 27.7 Å². The molecule has 0 aliphatic rings. The standard InChI is InChI=1S/C19H27NO8/c1-11(27-12(2)21)10-26-17(24)14(20-18(25)28-19(3,4)5)8-13-6-7-15(22)16(23)9-13/h6-7,9,11,14,22-23H,8,10H2,1-5H3,(H,20,25)/t11-,14+/m1/s1. The van der Waals surface area contributed by atoms with Crippen molar-refractivity contribution in [1.82, 2.24) is 5.32 Å². The van der Waals surface area contributed by atoms with Gasteiger partial charge in [0.05, 0.1) is 0 Å². The first-order chi connectivity index (χ1) is 12.9. The van der Waals surface area contributed by atoms with Crippen LogP contribution in [-0.4, -0.2) is 52.6 Å². The van der Waals surface area contributed by atoms with Crippen LogP contribution >= 0.6 is 0 Å². The third kappa shape index (κ3) is 8.61. The van der Waals surface area contributed by atoms with Gasteiger partial charge in [-0.3, -0.25) is 4.79 Å². The van der Waals surface area contributed by atoms with Gasteiger partial charge in [-0.25, -0.2) is 9.59 Å². The summed E-state index contributed by atoms with van der Waals surface area (Å²) in [5.74, 6) is -1.94. The second kappa shape index (κ2) is 9.82. The van der Waals surface area contributed by atoms with Crippen LogP contribution in [0.2, 0.25) is 0 Å². The molecule has 1 rings (SSSR count). The number of alkyl carbamates (subject to hydrolysis) is 1. The van der Waals surface area contributed by atoms with Crippen molar-refractivity contribution in [2.24, 2.45) is 0 Å². The average Bonchev–Trinajstić information content (AvgIpc) is 2.53. The lowest BCUT2D eigenvalue weighted by atomic mass is 10.1. The van der Waals surface area contributed by atoms with Crippen LogP contribution in [0.4, 0.5) is 4.79 Å². The zero-order valence-electron chi connectivity index (χ0n) is 16.6. The van der Waals surface area contributed by atoms with Gasteiger partial charge in [-0.15, -0.1) is 0 Å². The largest absolute Gasteiger partial charge is 0.504 e. The van der Waals surface area contributed by atoms with E-state index in [1.807, 2.05) is 0 Å². The highest BCUT2D eigenvalue weighted by Gasteiger charge is 2.27. The van der Waals surface area contributed by atoms with Crippen molar-refractivity contribution in [1.29, 1.82) is 0 Å². The highest BCUT2D eigenvalue weighted by atomic mass is 16.6. The Bertz CT molecular complexity index is 710. The molecule has 0 saturated carbocycles. The first kappa shape index (κ1) is 23.1. The topological polar surface area (TPSA) is 131 Å². The summed E-state index contributed by atoms with van der Waals surface area (Å²) in [4.78, 5) is 35.4. The number of benzene rings is 1. The number of aromatic hydroxyl groups is 2. The maximum Gasteiger partial charge on any atom is 0.408 e. The fourth-order valence-electron chi connectivity index (χ4n) is 2.19. The lowest BCUT2D eigenvalue weighted by Gasteiger charge is -2.23. The Balaban J connectivity index is 2.86. The molecule has 156 valence electrons. The third-order valence-electron chi connectivity index (χ3n) is 3.28. The molecule has 2 atom stereocenters. The molecule has 1 aromatic carbocycles. The zero-order valence-corrected chi connectivity index (χ0v) is 16.6. The minimum Gasteiger partial charge on any atom is -0.504 e. The van der Waals surface area contributed by atoms with Gasteiger partial charge in [-0.05, 0) is 45.4 Å². The van der Waals surface area contributed by atoms with Crippen LogP contribution in [0.3, 0.4) is 0 Å². The lowest BCUT2D eigenvalue weighted by Crippen LogP contribution is -2.46. The molecule has 0 bridgehead atoms. The summed E-state index contributed by atoms with van der Waals surface area (Å²) in [5.41, 5.74) is -0.291. The van der Waals surface area contributed by atoms with E-state index in [2.05, 4.69) is 5.32 Å². The van der Waals surface area contributed by atoms with Crippen LogP contribution < -0.4 is 5.32 Å². The Hall–Kier alpha value is -2.97. The number of phenolic OH excluding ortho intramolecular Hbond substituents is 2. The highest BCUT2D eigenvalue weighted by Crippen LogP contribution is 2.25. The van der Waals surface area contributed by atoms with Gasteiger partial charge in [0.1, 0.15) is 24.4 Å². The molecule has 0 aliphatic carbocycles. The van der Waals surface area contributed by atoms with Crippen LogP contribution in [0.15, 0.2) is 18.2 Å². The number of hydrogen-bond acceptors (Lipinski definition) is 8. The predicted octanol–water partition coefficient (Wildman–Crippen LogP) is 2.03. The predicted molar refractivity (Wildman–Crippen MR) is 98.8 cm³/mol. The number of nitrogens with one attached hydrogen (secondary N) is 1. The van der Waals surface area contributed by atoms with Gasteiger partial charge in [0.2, 0.25) is 0 Å². The molecule has 0 aromatic heterocycles. The quantitative estimate of drug-likeness (QED) is 0.362. The lowest BCUT2D eigenvalue weighted by molar-refractivity contribution is -0.157. The highest BCUT2D eigenvalue weighted by molar-refractivity contribution is 5.81. The van der Waals surface area contributed by atoms with E-state index in [0.29, 0.717) is 5.56 Å². The molecule has 9 heteroatoms. The smallest absolute Gasteiger partial charge is 0.408 e. The molecule has 0 fully saturated rings. The molecule has 1 amide bonds. The fraction of sp³-hybridized carbons (Fsp3) is 0.526. The Morgan fingerprint density at radius 3 is 2.32 bits per heavy atom. The van der Waals surface area contributed by atoms with Crippen LogP contribution in [-0.2, 0) is 30.2 Å². The Labute approximate surface area is 163 Å². The van der Waals surface area contributed by atoms with Crippen molar-refractivity contribution in [2.75, 3.05) is 6.61 Å². The van der Waals surface area contributed by atoms with E-state index in [9.17, 15) is 24.6 Å². The van der Waals surface area contributed by atoms with Gasteiger partial charge >= 0.3 is 18.0 Å². The van der Waals surface area contributed by atoms with Crippen molar-refractivity contribution >= 4 is 18.0 Å². The van der Waals surface area contributed by atoms with Gasteiger partial charge in [-0.2, -0.15) is 0 Å². The number of esters is 2. The first-order valence-electron chi connectivity index (χ1n) is 8.71. The Morgan fingerprint density at radius 2 is 1.79 bits per heavy atom. The molecule has 1 aromatic rings. The van der Waals surface area contributed by atoms with E-state index in [0.717, 1.165) is 0 Å². The van der Waals surface area contributed by atoms with Gasteiger partial charge in [0.15, 0.2) is 11.5 Å². The molecule has 9 nitrogen and oxygen atoms in total. The van der Waals surface area contributed by atoms with Gasteiger partial charge in [-0.1, -0.05) is 6.07 Å². The van der Waals surface area contributed by atoms with E-state index in [-0.39, 0.29) is 24.5 Å². The second-order valence-corrected chi connectivity index (χ2v) is 7.28. The molecular weight excluding hydrogens is 370 g/mol. The van der Waals surface area contributed by atoms with Gasteiger partial charge in [0, 0.05) is 13.3 Å². The van der Waals surface area contributed by atoms with Crippen molar-refractivity contribution in [3.63, 3.8) is 0 Å². The van der Waals surface area contributed by atoms with Crippen LogP contribution in [0.1, 0.15) is 40.2 Å². The number of rotatable bonds is 7. The number of carbonyl (C=O) groups excluding carboxylic acids is 3. The molecular formula is C19H27NO8. The molecule has 0 aliphatic heterocycles. The van der Waals surface area contributed by atoms with Crippen LogP contribution in [0.5, 0.6) is 11.5 Å². The number of amides is 1. The summed E-state index contributed by atoms with van der Waals surface area (Å²) in [7, 11) is 0. The Kier molecular flexibility index (Phi) is 8.09. The van der Waals surface area contributed by atoms with E-state index >= 15 is 0 Å². The molecule has 0 radical (unpaired) electrons.